The summed E-state index contributed by atoms with van der Waals surface area (Å²) in [6, 6.07) is 12.1. The molecule has 0 N–H and O–H groups in total. The van der Waals surface area contributed by atoms with Gasteiger partial charge in [0.05, 0.1) is 7.11 Å². The van der Waals surface area contributed by atoms with Gasteiger partial charge in [0.15, 0.2) is 0 Å². The van der Waals surface area contributed by atoms with E-state index >= 15 is 0 Å². The summed E-state index contributed by atoms with van der Waals surface area (Å²) in [4.78, 5) is 17.0. The van der Waals surface area contributed by atoms with Crippen molar-refractivity contribution < 1.29 is 13.9 Å². The Kier molecular flexibility index (Phi) is 6.92. The zero-order valence-electron chi connectivity index (χ0n) is 16.3. The van der Waals surface area contributed by atoms with Crippen LogP contribution in [0.2, 0.25) is 5.02 Å². The third-order valence-corrected chi connectivity index (χ3v) is 5.41. The van der Waals surface area contributed by atoms with E-state index in [2.05, 4.69) is 4.90 Å². The first kappa shape index (κ1) is 20.6. The fraction of sp³-hybridized carbons (Fsp3) is 0.409. The molecule has 0 bridgehead atoms. The van der Waals surface area contributed by atoms with E-state index in [0.29, 0.717) is 24.5 Å². The fourth-order valence-corrected chi connectivity index (χ4v) is 3.85. The van der Waals surface area contributed by atoms with Crippen LogP contribution >= 0.6 is 11.6 Å². The van der Waals surface area contributed by atoms with Crippen LogP contribution in [0.1, 0.15) is 18.1 Å². The van der Waals surface area contributed by atoms with Gasteiger partial charge in [-0.25, -0.2) is 4.39 Å². The Morgan fingerprint density at radius 2 is 1.93 bits per heavy atom. The number of methoxy groups -OCH3 is 1. The first-order valence-electron chi connectivity index (χ1n) is 9.54. The Balaban J connectivity index is 1.53. The summed E-state index contributed by atoms with van der Waals surface area (Å²) in [6.45, 7) is 5.63. The molecule has 1 amide bonds. The van der Waals surface area contributed by atoms with E-state index in [9.17, 15) is 9.18 Å². The molecular formula is C22H26ClFN2O2. The number of piperazine rings is 1. The van der Waals surface area contributed by atoms with Crippen molar-refractivity contribution in [3.05, 3.63) is 64.4 Å². The minimum Gasteiger partial charge on any atom is -0.496 e. The molecule has 1 unspecified atom stereocenters. The van der Waals surface area contributed by atoms with Gasteiger partial charge in [0.1, 0.15) is 11.6 Å². The molecule has 1 aliphatic rings. The van der Waals surface area contributed by atoms with Crippen molar-refractivity contribution in [1.82, 2.24) is 9.80 Å². The summed E-state index contributed by atoms with van der Waals surface area (Å²) in [5.74, 6) is 0.527. The molecule has 4 nitrogen and oxygen atoms in total. The van der Waals surface area contributed by atoms with Gasteiger partial charge >= 0.3 is 0 Å². The summed E-state index contributed by atoms with van der Waals surface area (Å²) in [7, 11) is 1.66. The predicted octanol–water partition coefficient (Wildman–Crippen LogP) is 4.01. The summed E-state index contributed by atoms with van der Waals surface area (Å²) in [6.07, 6.45) is 0.552. The Morgan fingerprint density at radius 1 is 1.18 bits per heavy atom. The zero-order chi connectivity index (χ0) is 20.1. The monoisotopic (exact) mass is 404 g/mol. The van der Waals surface area contributed by atoms with Crippen LogP contribution in [-0.2, 0) is 17.8 Å². The molecule has 2 aromatic carbocycles. The molecule has 2 aromatic rings. The zero-order valence-corrected chi connectivity index (χ0v) is 17.1. The largest absolute Gasteiger partial charge is 0.496 e. The minimum atomic E-state index is -0.262. The maximum Gasteiger partial charge on any atom is 0.225 e. The second-order valence-corrected chi connectivity index (χ2v) is 7.73. The van der Waals surface area contributed by atoms with E-state index in [1.165, 1.54) is 12.1 Å². The molecule has 0 saturated carbocycles. The van der Waals surface area contributed by atoms with Crippen molar-refractivity contribution in [2.45, 2.75) is 19.9 Å². The SMILES string of the molecule is COc1ccc(Cl)cc1CN1CCN(C(=O)C(C)Cc2cccc(F)c2)CC1. The van der Waals surface area contributed by atoms with Crippen molar-refractivity contribution in [3.8, 4) is 5.75 Å². The summed E-state index contributed by atoms with van der Waals surface area (Å²) in [5.41, 5.74) is 1.90. The Bertz CT molecular complexity index is 822. The van der Waals surface area contributed by atoms with Crippen LogP contribution in [0.3, 0.4) is 0 Å². The number of halogens is 2. The van der Waals surface area contributed by atoms with Crippen LogP contribution < -0.4 is 4.74 Å². The predicted molar refractivity (Wildman–Crippen MR) is 109 cm³/mol. The number of carbonyl (C=O) groups is 1. The van der Waals surface area contributed by atoms with Crippen LogP contribution in [0.25, 0.3) is 0 Å². The van der Waals surface area contributed by atoms with Crippen molar-refractivity contribution in [2.75, 3.05) is 33.3 Å². The second kappa shape index (κ2) is 9.39. The van der Waals surface area contributed by atoms with E-state index < -0.39 is 0 Å². The van der Waals surface area contributed by atoms with Crippen molar-refractivity contribution >= 4 is 17.5 Å². The molecule has 150 valence electrons. The topological polar surface area (TPSA) is 32.8 Å². The number of nitrogens with zero attached hydrogens (tertiary/aromatic N) is 2. The van der Waals surface area contributed by atoms with Crippen LogP contribution in [0, 0.1) is 11.7 Å². The summed E-state index contributed by atoms with van der Waals surface area (Å²) >= 11 is 6.12. The lowest BCUT2D eigenvalue weighted by atomic mass is 9.99. The van der Waals surface area contributed by atoms with Gasteiger partial charge < -0.3 is 9.64 Å². The van der Waals surface area contributed by atoms with Crippen LogP contribution in [0.4, 0.5) is 4.39 Å². The highest BCUT2D eigenvalue weighted by molar-refractivity contribution is 6.30. The standard InChI is InChI=1S/C22H26ClFN2O2/c1-16(12-17-4-3-5-20(24)13-17)22(27)26-10-8-25(9-11-26)15-18-14-19(23)6-7-21(18)28-2/h3-7,13-14,16H,8-12,15H2,1-2H3. The third kappa shape index (κ3) is 5.24. The molecule has 0 aromatic heterocycles. The van der Waals surface area contributed by atoms with Crippen LogP contribution in [0.15, 0.2) is 42.5 Å². The van der Waals surface area contributed by atoms with Gasteiger partial charge in [-0.2, -0.15) is 0 Å². The average molecular weight is 405 g/mol. The Labute approximate surface area is 170 Å². The van der Waals surface area contributed by atoms with Gasteiger partial charge in [-0.1, -0.05) is 30.7 Å². The van der Waals surface area contributed by atoms with Gasteiger partial charge in [-0.15, -0.1) is 0 Å². The quantitative estimate of drug-likeness (QED) is 0.729. The van der Waals surface area contributed by atoms with Gasteiger partial charge in [-0.05, 0) is 42.3 Å². The molecule has 1 atom stereocenters. The maximum absolute atomic E-state index is 13.4. The number of rotatable bonds is 6. The molecule has 1 fully saturated rings. The minimum absolute atomic E-state index is 0.129. The highest BCUT2D eigenvalue weighted by Gasteiger charge is 2.25. The normalized spacial score (nSPS) is 16.1. The number of hydrogen-bond acceptors (Lipinski definition) is 3. The fourth-order valence-electron chi connectivity index (χ4n) is 3.65. The van der Waals surface area contributed by atoms with Crippen molar-refractivity contribution in [1.29, 1.82) is 0 Å². The van der Waals surface area contributed by atoms with E-state index in [1.807, 2.05) is 36.1 Å². The Hall–Kier alpha value is -2.11. The first-order valence-corrected chi connectivity index (χ1v) is 9.92. The van der Waals surface area contributed by atoms with E-state index in [-0.39, 0.29) is 17.6 Å². The smallest absolute Gasteiger partial charge is 0.225 e. The summed E-state index contributed by atoms with van der Waals surface area (Å²) in [5, 5.41) is 0.691. The molecule has 1 saturated heterocycles. The van der Waals surface area contributed by atoms with Gasteiger partial charge in [-0.3, -0.25) is 9.69 Å². The highest BCUT2D eigenvalue weighted by atomic mass is 35.5. The number of carbonyl (C=O) groups excluding carboxylic acids is 1. The van der Waals surface area contributed by atoms with Crippen LogP contribution in [0.5, 0.6) is 5.75 Å². The van der Waals surface area contributed by atoms with E-state index in [4.69, 9.17) is 16.3 Å². The number of hydrogen-bond donors (Lipinski definition) is 0. The lowest BCUT2D eigenvalue weighted by Gasteiger charge is -2.36. The lowest BCUT2D eigenvalue weighted by molar-refractivity contribution is -0.136. The molecule has 6 heteroatoms. The van der Waals surface area contributed by atoms with Gasteiger partial charge in [0.25, 0.3) is 0 Å². The number of benzene rings is 2. The molecular weight excluding hydrogens is 379 g/mol. The lowest BCUT2D eigenvalue weighted by Crippen LogP contribution is -2.49. The van der Waals surface area contributed by atoms with Gasteiger partial charge in [0, 0.05) is 49.2 Å². The van der Waals surface area contributed by atoms with Crippen molar-refractivity contribution in [2.24, 2.45) is 5.92 Å². The average Bonchev–Trinajstić information content (AvgIpc) is 2.68. The Morgan fingerprint density at radius 3 is 2.61 bits per heavy atom. The first-order chi connectivity index (χ1) is 13.5. The van der Waals surface area contributed by atoms with Crippen molar-refractivity contribution in [3.63, 3.8) is 0 Å². The molecule has 1 heterocycles. The number of ether oxygens (including phenoxy) is 1. The van der Waals surface area contributed by atoms with E-state index in [0.717, 1.165) is 36.5 Å². The highest BCUT2D eigenvalue weighted by Crippen LogP contribution is 2.24. The summed E-state index contributed by atoms with van der Waals surface area (Å²) < 4.78 is 18.8. The molecule has 1 aliphatic heterocycles. The molecule has 0 spiro atoms. The third-order valence-electron chi connectivity index (χ3n) is 5.17. The van der Waals surface area contributed by atoms with Gasteiger partial charge in [0.2, 0.25) is 5.91 Å². The number of amides is 1. The molecule has 3 rings (SSSR count). The second-order valence-electron chi connectivity index (χ2n) is 7.29. The van der Waals surface area contributed by atoms with E-state index in [1.54, 1.807) is 13.2 Å². The molecule has 0 radical (unpaired) electrons. The maximum atomic E-state index is 13.4. The van der Waals surface area contributed by atoms with Crippen LogP contribution in [-0.4, -0.2) is 49.0 Å². The molecule has 0 aliphatic carbocycles. The molecule has 28 heavy (non-hydrogen) atoms.